The Kier molecular flexibility index (Phi) is 6.15. The molecule has 0 fully saturated rings. The van der Waals surface area contributed by atoms with Gasteiger partial charge in [-0.1, -0.05) is 57.3 Å². The molecule has 0 heterocycles. The maximum Gasteiger partial charge on any atom is 0.252 e. The lowest BCUT2D eigenvalue weighted by Gasteiger charge is -2.24. The summed E-state index contributed by atoms with van der Waals surface area (Å²) < 4.78 is 0.865. The molecule has 0 aliphatic heterocycles. The van der Waals surface area contributed by atoms with Crippen molar-refractivity contribution in [3.05, 3.63) is 33.3 Å². The maximum absolute atomic E-state index is 12.0. The Bertz CT molecular complexity index is 435. The number of halogens is 3. The van der Waals surface area contributed by atoms with E-state index in [0.717, 1.165) is 16.2 Å². The first-order chi connectivity index (χ1) is 8.35. The van der Waals surface area contributed by atoms with Gasteiger partial charge < -0.3 is 5.32 Å². The SMILES string of the molecule is CC(C)(CCBr)CNC(=O)c1ccc(Br)cc1Cl. The summed E-state index contributed by atoms with van der Waals surface area (Å²) in [4.78, 5) is 12.0. The standard InChI is InChI=1S/C13H16Br2ClNO/c1-13(2,5-6-14)8-17-12(18)10-4-3-9(15)7-11(10)16/h3-4,7H,5-6,8H2,1-2H3,(H,17,18). The highest BCUT2D eigenvalue weighted by Gasteiger charge is 2.19. The van der Waals surface area contributed by atoms with Crippen LogP contribution >= 0.6 is 43.5 Å². The molecule has 0 spiro atoms. The van der Waals surface area contributed by atoms with Gasteiger partial charge in [-0.15, -0.1) is 0 Å². The molecule has 1 aromatic carbocycles. The molecular weight excluding hydrogens is 381 g/mol. The monoisotopic (exact) mass is 395 g/mol. The van der Waals surface area contributed by atoms with Crippen molar-refractivity contribution in [2.24, 2.45) is 5.41 Å². The average molecular weight is 398 g/mol. The van der Waals surface area contributed by atoms with Crippen molar-refractivity contribution >= 4 is 49.4 Å². The minimum absolute atomic E-state index is 0.0704. The first-order valence-electron chi connectivity index (χ1n) is 5.65. The first kappa shape index (κ1) is 16.0. The largest absolute Gasteiger partial charge is 0.351 e. The van der Waals surface area contributed by atoms with Gasteiger partial charge in [-0.3, -0.25) is 4.79 Å². The quantitative estimate of drug-likeness (QED) is 0.721. The van der Waals surface area contributed by atoms with E-state index < -0.39 is 0 Å². The fourth-order valence-corrected chi connectivity index (χ4v) is 3.27. The summed E-state index contributed by atoms with van der Waals surface area (Å²) in [6.07, 6.45) is 1.00. The molecule has 2 nitrogen and oxygen atoms in total. The number of benzene rings is 1. The van der Waals surface area contributed by atoms with Crippen LogP contribution in [0.5, 0.6) is 0 Å². The van der Waals surface area contributed by atoms with Crippen molar-refractivity contribution < 1.29 is 4.79 Å². The average Bonchev–Trinajstić information content (AvgIpc) is 2.26. The molecule has 0 unspecified atom stereocenters. The molecule has 0 bridgehead atoms. The highest BCUT2D eigenvalue weighted by atomic mass is 79.9. The number of carbonyl (C=O) groups is 1. The second kappa shape index (κ2) is 6.92. The second-order valence-corrected chi connectivity index (χ2v) is 7.03. The van der Waals surface area contributed by atoms with E-state index in [2.05, 4.69) is 51.0 Å². The molecule has 0 saturated heterocycles. The van der Waals surface area contributed by atoms with E-state index in [1.165, 1.54) is 0 Å². The van der Waals surface area contributed by atoms with E-state index in [0.29, 0.717) is 17.1 Å². The minimum Gasteiger partial charge on any atom is -0.351 e. The van der Waals surface area contributed by atoms with Crippen LogP contribution in [0, 0.1) is 5.41 Å². The molecule has 0 radical (unpaired) electrons. The Morgan fingerprint density at radius 3 is 2.67 bits per heavy atom. The Morgan fingerprint density at radius 1 is 1.44 bits per heavy atom. The van der Waals surface area contributed by atoms with Gasteiger partial charge in [0.25, 0.3) is 5.91 Å². The maximum atomic E-state index is 12.0. The lowest BCUT2D eigenvalue weighted by atomic mass is 9.90. The second-order valence-electron chi connectivity index (χ2n) is 4.91. The molecule has 18 heavy (non-hydrogen) atoms. The van der Waals surface area contributed by atoms with E-state index in [1.807, 2.05) is 6.07 Å². The number of hydrogen-bond acceptors (Lipinski definition) is 1. The number of carbonyl (C=O) groups excluding carboxylic acids is 1. The van der Waals surface area contributed by atoms with Crippen LogP contribution in [0.3, 0.4) is 0 Å². The van der Waals surface area contributed by atoms with Crippen LogP contribution in [0.4, 0.5) is 0 Å². The predicted octanol–water partition coefficient (Wildman–Crippen LogP) is 4.64. The van der Waals surface area contributed by atoms with Gasteiger partial charge in [-0.2, -0.15) is 0 Å². The number of alkyl halides is 1. The number of nitrogens with one attached hydrogen (secondary N) is 1. The summed E-state index contributed by atoms with van der Waals surface area (Å²) in [6.45, 7) is 4.87. The molecule has 5 heteroatoms. The minimum atomic E-state index is -0.129. The van der Waals surface area contributed by atoms with E-state index in [9.17, 15) is 4.79 Å². The van der Waals surface area contributed by atoms with Crippen LogP contribution < -0.4 is 5.32 Å². The molecular formula is C13H16Br2ClNO. The summed E-state index contributed by atoms with van der Waals surface area (Å²) in [5.41, 5.74) is 0.579. The fraction of sp³-hybridized carbons (Fsp3) is 0.462. The molecule has 0 atom stereocenters. The summed E-state index contributed by atoms with van der Waals surface area (Å²) in [5, 5.41) is 4.31. The Morgan fingerprint density at radius 2 is 2.11 bits per heavy atom. The Labute approximate surface area is 130 Å². The third-order valence-corrected chi connectivity index (χ3v) is 3.88. The molecule has 1 amide bonds. The van der Waals surface area contributed by atoms with Crippen molar-refractivity contribution in [1.29, 1.82) is 0 Å². The predicted molar refractivity (Wildman–Crippen MR) is 83.7 cm³/mol. The first-order valence-corrected chi connectivity index (χ1v) is 7.94. The van der Waals surface area contributed by atoms with Crippen molar-refractivity contribution in [3.8, 4) is 0 Å². The van der Waals surface area contributed by atoms with Gasteiger partial charge in [-0.05, 0) is 30.0 Å². The Balaban J connectivity index is 2.66. The van der Waals surface area contributed by atoms with Gasteiger partial charge in [0.15, 0.2) is 0 Å². The molecule has 0 aliphatic carbocycles. The molecule has 0 aliphatic rings. The van der Waals surface area contributed by atoms with E-state index >= 15 is 0 Å². The van der Waals surface area contributed by atoms with Crippen LogP contribution in [-0.4, -0.2) is 17.8 Å². The topological polar surface area (TPSA) is 29.1 Å². The number of rotatable bonds is 5. The molecule has 0 aromatic heterocycles. The molecule has 100 valence electrons. The third kappa shape index (κ3) is 4.90. The highest BCUT2D eigenvalue weighted by molar-refractivity contribution is 9.10. The lowest BCUT2D eigenvalue weighted by molar-refractivity contribution is 0.0936. The number of hydrogen-bond donors (Lipinski definition) is 1. The van der Waals surface area contributed by atoms with Gasteiger partial charge in [0.1, 0.15) is 0 Å². The van der Waals surface area contributed by atoms with Gasteiger partial charge in [-0.25, -0.2) is 0 Å². The van der Waals surface area contributed by atoms with Crippen molar-refractivity contribution in [3.63, 3.8) is 0 Å². The highest BCUT2D eigenvalue weighted by Crippen LogP contribution is 2.23. The molecule has 1 aromatic rings. The van der Waals surface area contributed by atoms with Crippen LogP contribution in [0.15, 0.2) is 22.7 Å². The Hall–Kier alpha value is -0.0600. The normalized spacial score (nSPS) is 11.4. The zero-order chi connectivity index (χ0) is 13.8. The van der Waals surface area contributed by atoms with Gasteiger partial charge in [0, 0.05) is 16.3 Å². The zero-order valence-corrected chi connectivity index (χ0v) is 14.3. The molecule has 1 N–H and O–H groups in total. The van der Waals surface area contributed by atoms with Gasteiger partial charge in [0.2, 0.25) is 0 Å². The van der Waals surface area contributed by atoms with E-state index in [-0.39, 0.29) is 11.3 Å². The van der Waals surface area contributed by atoms with E-state index in [4.69, 9.17) is 11.6 Å². The third-order valence-electron chi connectivity index (χ3n) is 2.67. The smallest absolute Gasteiger partial charge is 0.252 e. The van der Waals surface area contributed by atoms with Crippen LogP contribution in [-0.2, 0) is 0 Å². The lowest BCUT2D eigenvalue weighted by Crippen LogP contribution is -2.34. The summed E-state index contributed by atoms with van der Waals surface area (Å²) in [7, 11) is 0. The van der Waals surface area contributed by atoms with Crippen molar-refractivity contribution in [2.75, 3.05) is 11.9 Å². The van der Waals surface area contributed by atoms with E-state index in [1.54, 1.807) is 12.1 Å². The summed E-state index contributed by atoms with van der Waals surface area (Å²) >= 11 is 12.8. The van der Waals surface area contributed by atoms with Crippen molar-refractivity contribution in [2.45, 2.75) is 20.3 Å². The summed E-state index contributed by atoms with van der Waals surface area (Å²) in [6, 6.07) is 5.25. The number of amides is 1. The molecule has 1 rings (SSSR count). The zero-order valence-electron chi connectivity index (χ0n) is 10.4. The molecule has 0 saturated carbocycles. The van der Waals surface area contributed by atoms with Crippen LogP contribution in [0.2, 0.25) is 5.02 Å². The summed E-state index contributed by atoms with van der Waals surface area (Å²) in [5.74, 6) is -0.129. The van der Waals surface area contributed by atoms with Crippen LogP contribution in [0.1, 0.15) is 30.6 Å². The van der Waals surface area contributed by atoms with Gasteiger partial charge >= 0.3 is 0 Å². The van der Waals surface area contributed by atoms with Crippen LogP contribution in [0.25, 0.3) is 0 Å². The van der Waals surface area contributed by atoms with Gasteiger partial charge in [0.05, 0.1) is 10.6 Å². The fourth-order valence-electron chi connectivity index (χ4n) is 1.43. The van der Waals surface area contributed by atoms with Crippen molar-refractivity contribution in [1.82, 2.24) is 5.32 Å².